The van der Waals surface area contributed by atoms with Crippen molar-refractivity contribution in [2.24, 2.45) is 4.99 Å². The van der Waals surface area contributed by atoms with Gasteiger partial charge in [0, 0.05) is 18.0 Å². The van der Waals surface area contributed by atoms with Gasteiger partial charge in [0.2, 0.25) is 0 Å². The summed E-state index contributed by atoms with van der Waals surface area (Å²) in [6.07, 6.45) is 23.0. The third-order valence-corrected chi connectivity index (χ3v) is 5.80. The first-order chi connectivity index (χ1) is 15.3. The predicted octanol–water partition coefficient (Wildman–Crippen LogP) is 8.07. The van der Waals surface area contributed by atoms with Crippen LogP contribution in [0.2, 0.25) is 0 Å². The Labute approximate surface area is 187 Å². The van der Waals surface area contributed by atoms with Crippen molar-refractivity contribution in [1.29, 1.82) is 0 Å². The van der Waals surface area contributed by atoms with E-state index in [1.807, 2.05) is 19.2 Å². The van der Waals surface area contributed by atoms with Gasteiger partial charge in [0.1, 0.15) is 5.75 Å². The highest BCUT2D eigenvalue weighted by atomic mass is 16.5. The molecule has 0 atom stereocenters. The number of aliphatic imine (C=N–C) groups is 1. The Kier molecular flexibility index (Phi) is 9.75. The number of aromatic amines is 2. The van der Waals surface area contributed by atoms with Crippen LogP contribution in [0.4, 0.5) is 0 Å². The van der Waals surface area contributed by atoms with Gasteiger partial charge in [-0.05, 0) is 50.1 Å². The number of nitrogens with one attached hydrogen (secondary N) is 2. The molecule has 1 aliphatic rings. The van der Waals surface area contributed by atoms with Crippen molar-refractivity contribution >= 4 is 11.8 Å². The summed E-state index contributed by atoms with van der Waals surface area (Å²) in [7, 11) is 0. The van der Waals surface area contributed by atoms with Crippen LogP contribution in [0.15, 0.2) is 47.2 Å². The first-order valence-corrected chi connectivity index (χ1v) is 12.3. The summed E-state index contributed by atoms with van der Waals surface area (Å²) < 4.78 is 5.83. The predicted molar refractivity (Wildman–Crippen MR) is 133 cm³/mol. The lowest BCUT2D eigenvalue weighted by atomic mass is 10.0. The van der Waals surface area contributed by atoms with E-state index in [0.717, 1.165) is 34.9 Å². The smallest absolute Gasteiger partial charge is 0.144 e. The molecule has 2 N–H and O–H groups in total. The number of hydrogen-bond donors (Lipinski definition) is 2. The fraction of sp³-hybridized carbons (Fsp3) is 0.519. The Morgan fingerprint density at radius 2 is 1.65 bits per heavy atom. The molecule has 2 aromatic rings. The Morgan fingerprint density at radius 1 is 0.903 bits per heavy atom. The van der Waals surface area contributed by atoms with E-state index >= 15 is 0 Å². The molecule has 0 spiro atoms. The van der Waals surface area contributed by atoms with Gasteiger partial charge in [0.05, 0.1) is 29.4 Å². The molecule has 0 aliphatic carbocycles. The molecule has 4 heteroatoms. The lowest BCUT2D eigenvalue weighted by Crippen LogP contribution is -1.92. The first-order valence-electron chi connectivity index (χ1n) is 12.3. The van der Waals surface area contributed by atoms with Crippen LogP contribution in [-0.2, 0) is 0 Å². The third-order valence-electron chi connectivity index (χ3n) is 5.80. The summed E-state index contributed by atoms with van der Waals surface area (Å²) >= 11 is 0. The number of allylic oxidation sites excluding steroid dienone is 2. The lowest BCUT2D eigenvalue weighted by molar-refractivity contribution is 0.340. The van der Waals surface area contributed by atoms with Gasteiger partial charge in [-0.25, -0.2) is 0 Å². The van der Waals surface area contributed by atoms with Crippen molar-refractivity contribution in [3.05, 3.63) is 47.9 Å². The monoisotopic (exact) mass is 421 g/mol. The fourth-order valence-corrected chi connectivity index (χ4v) is 4.06. The number of ether oxygens (including phenoxy) is 1. The zero-order chi connectivity index (χ0) is 21.7. The normalized spacial score (nSPS) is 14.5. The van der Waals surface area contributed by atoms with Crippen molar-refractivity contribution in [2.75, 3.05) is 6.61 Å². The van der Waals surface area contributed by atoms with Gasteiger partial charge in [-0.2, -0.15) is 0 Å². The van der Waals surface area contributed by atoms with Crippen LogP contribution in [0, 0.1) is 0 Å². The fourth-order valence-electron chi connectivity index (χ4n) is 4.06. The first kappa shape index (κ1) is 23.2. The van der Waals surface area contributed by atoms with Gasteiger partial charge in [-0.1, -0.05) is 64.7 Å². The van der Waals surface area contributed by atoms with E-state index in [1.54, 1.807) is 0 Å². The summed E-state index contributed by atoms with van der Waals surface area (Å²) in [5, 5.41) is 0. The van der Waals surface area contributed by atoms with Gasteiger partial charge in [-0.15, -0.1) is 0 Å². The van der Waals surface area contributed by atoms with Crippen molar-refractivity contribution in [3.63, 3.8) is 0 Å². The standard InChI is InChI=1S/C27H39N3O/c1-3-5-6-7-8-9-10-11-12-13-15-22-17-18-23(29-22)20-26-27(31-4-2)21-25(30-26)24-16-14-19-28-24/h14,16-21,28,30H,3-13,15H2,1-2H3/b23-20+. The largest absolute Gasteiger partial charge is 0.492 e. The van der Waals surface area contributed by atoms with Crippen LogP contribution < -0.4 is 4.74 Å². The maximum absolute atomic E-state index is 5.83. The van der Waals surface area contributed by atoms with Crippen LogP contribution in [0.3, 0.4) is 0 Å². The van der Waals surface area contributed by atoms with Gasteiger partial charge in [0.25, 0.3) is 0 Å². The Morgan fingerprint density at radius 3 is 2.32 bits per heavy atom. The molecule has 0 unspecified atom stereocenters. The summed E-state index contributed by atoms with van der Waals surface area (Å²) in [5.74, 6) is 0.867. The molecule has 0 bridgehead atoms. The molecule has 0 fully saturated rings. The molecule has 0 aromatic carbocycles. The van der Waals surface area contributed by atoms with Crippen LogP contribution in [0.5, 0.6) is 5.75 Å². The zero-order valence-electron chi connectivity index (χ0n) is 19.4. The Balaban J connectivity index is 1.43. The SMILES string of the molecule is CCCCCCCCCCCCC1=N/C(=C/c2[nH]c(-c3ccc[nH]3)cc2OCC)C=C1. The van der Waals surface area contributed by atoms with Crippen LogP contribution in [-0.4, -0.2) is 22.3 Å². The van der Waals surface area contributed by atoms with Gasteiger partial charge < -0.3 is 14.7 Å². The van der Waals surface area contributed by atoms with E-state index in [1.165, 1.54) is 69.9 Å². The Bertz CT molecular complexity index is 855. The van der Waals surface area contributed by atoms with E-state index in [4.69, 9.17) is 9.73 Å². The molecule has 31 heavy (non-hydrogen) atoms. The summed E-state index contributed by atoms with van der Waals surface area (Å²) in [4.78, 5) is 11.5. The molecule has 168 valence electrons. The molecule has 0 amide bonds. The highest BCUT2D eigenvalue weighted by Gasteiger charge is 2.12. The number of nitrogens with zero attached hydrogens (tertiary/aromatic N) is 1. The highest BCUT2D eigenvalue weighted by Crippen LogP contribution is 2.29. The average molecular weight is 422 g/mol. The van der Waals surface area contributed by atoms with E-state index in [0.29, 0.717) is 6.61 Å². The lowest BCUT2D eigenvalue weighted by Gasteiger charge is -2.02. The minimum absolute atomic E-state index is 0.640. The molecule has 3 heterocycles. The summed E-state index contributed by atoms with van der Waals surface area (Å²) in [5.41, 5.74) is 5.23. The van der Waals surface area contributed by atoms with Crippen LogP contribution in [0.25, 0.3) is 17.5 Å². The van der Waals surface area contributed by atoms with Crippen molar-refractivity contribution in [2.45, 2.75) is 84.5 Å². The molecule has 0 saturated carbocycles. The second kappa shape index (κ2) is 13.0. The maximum atomic E-state index is 5.83. The number of rotatable bonds is 15. The van der Waals surface area contributed by atoms with Crippen molar-refractivity contribution in [1.82, 2.24) is 9.97 Å². The number of aromatic nitrogens is 2. The minimum Gasteiger partial charge on any atom is -0.492 e. The molecule has 2 aromatic heterocycles. The quantitative estimate of drug-likeness (QED) is 0.281. The molecular formula is C27H39N3O. The van der Waals surface area contributed by atoms with E-state index in [2.05, 4.69) is 47.3 Å². The molecule has 0 saturated heterocycles. The van der Waals surface area contributed by atoms with E-state index < -0.39 is 0 Å². The molecule has 0 radical (unpaired) electrons. The van der Waals surface area contributed by atoms with E-state index in [9.17, 15) is 0 Å². The minimum atomic E-state index is 0.640. The summed E-state index contributed by atoms with van der Waals surface area (Å²) in [6.45, 7) is 4.93. The van der Waals surface area contributed by atoms with Crippen LogP contribution >= 0.6 is 0 Å². The van der Waals surface area contributed by atoms with E-state index in [-0.39, 0.29) is 0 Å². The highest BCUT2D eigenvalue weighted by molar-refractivity contribution is 5.99. The molecule has 1 aliphatic heterocycles. The van der Waals surface area contributed by atoms with Gasteiger partial charge in [0.15, 0.2) is 0 Å². The Hall–Kier alpha value is -2.49. The molecule has 4 nitrogen and oxygen atoms in total. The zero-order valence-corrected chi connectivity index (χ0v) is 19.4. The second-order valence-corrected chi connectivity index (χ2v) is 8.42. The maximum Gasteiger partial charge on any atom is 0.144 e. The topological polar surface area (TPSA) is 53.2 Å². The average Bonchev–Trinajstić information content (AvgIpc) is 3.52. The molecular weight excluding hydrogens is 382 g/mol. The van der Waals surface area contributed by atoms with Crippen LogP contribution in [0.1, 0.15) is 90.2 Å². The number of unbranched alkanes of at least 4 members (excludes halogenated alkanes) is 9. The van der Waals surface area contributed by atoms with Gasteiger partial charge in [-0.3, -0.25) is 4.99 Å². The summed E-state index contributed by atoms with van der Waals surface area (Å²) in [6, 6.07) is 6.10. The second-order valence-electron chi connectivity index (χ2n) is 8.42. The number of hydrogen-bond acceptors (Lipinski definition) is 2. The molecule has 3 rings (SSSR count). The van der Waals surface area contributed by atoms with Crippen molar-refractivity contribution in [3.8, 4) is 17.1 Å². The number of H-pyrrole nitrogens is 2. The van der Waals surface area contributed by atoms with Crippen molar-refractivity contribution < 1.29 is 4.74 Å². The van der Waals surface area contributed by atoms with Gasteiger partial charge >= 0.3 is 0 Å². The third kappa shape index (κ3) is 7.61.